The van der Waals surface area contributed by atoms with Crippen molar-refractivity contribution in [3.05, 3.63) is 238 Å². The molecule has 10 aromatic carbocycles. The van der Waals surface area contributed by atoms with Crippen molar-refractivity contribution in [1.82, 2.24) is 0 Å². The first kappa shape index (κ1) is 82.2. The third kappa shape index (κ3) is 17.9. The molecule has 19 N–H and O–H groups in total. The van der Waals surface area contributed by atoms with Crippen LogP contribution in [-0.4, -0.2) is 109 Å². The van der Waals surface area contributed by atoms with Gasteiger partial charge in [-0.25, -0.2) is 0 Å². The highest BCUT2D eigenvalue weighted by molar-refractivity contribution is 7.51. The SMILES string of the molecule is Cc1ccc(-c2oc3cc(O)cc(O)c3c(=O)c2O)cc1OP(=O)([O-])O.Cc1ccc(-c2oc3cc(O)ccc3c(=O)c2O)cc1O.Cc1ccc(-c2oc3cc(O)ccc3c(=O)c2OCP(=O)(O)O)cc1O.Cc1ccc(C2CC(=O)c3c(O)cc(O)cc3O2)cc1O.O=c1c(O)c(-c2ccc(O)c(O)c2)oc2cc(O)cc(O)c12. The molecule has 0 saturated carbocycles. The van der Waals surface area contributed by atoms with Crippen LogP contribution in [-0.2, 0) is 9.13 Å². The fourth-order valence-electron chi connectivity index (χ4n) is 11.5. The highest BCUT2D eigenvalue weighted by Crippen LogP contribution is 2.46. The Morgan fingerprint density at radius 3 is 1.28 bits per heavy atom. The van der Waals surface area contributed by atoms with Gasteiger partial charge in [0.2, 0.25) is 44.7 Å². The fourth-order valence-corrected chi connectivity index (χ4v) is 12.3. The van der Waals surface area contributed by atoms with Crippen LogP contribution >= 0.6 is 15.4 Å². The lowest BCUT2D eigenvalue weighted by Gasteiger charge is -2.26. The van der Waals surface area contributed by atoms with Gasteiger partial charge >= 0.3 is 15.4 Å². The number of aryl methyl sites for hydroxylation is 4. The van der Waals surface area contributed by atoms with Crippen LogP contribution in [0.2, 0.25) is 0 Å². The predicted octanol–water partition coefficient (Wildman–Crippen LogP) is 12.1. The van der Waals surface area contributed by atoms with E-state index in [1.165, 1.54) is 79.7 Å². The number of fused-ring (bicyclic) bond motifs is 5. The molecule has 0 spiro atoms. The van der Waals surface area contributed by atoms with Crippen LogP contribution in [0.3, 0.4) is 0 Å². The van der Waals surface area contributed by atoms with Crippen LogP contribution in [0, 0.1) is 27.7 Å². The number of phosphoric ester groups is 1. The van der Waals surface area contributed by atoms with Crippen LogP contribution in [0.25, 0.3) is 89.2 Å². The molecule has 0 fully saturated rings. The molecule has 5 heterocycles. The second-order valence-corrected chi connectivity index (χ2v) is 28.5. The normalized spacial score (nSPS) is 12.8. The number of carbonyl (C=O) groups is 1. The van der Waals surface area contributed by atoms with E-state index in [-0.39, 0.29) is 170 Å². The number of phosphoric acid groups is 1. The summed E-state index contributed by atoms with van der Waals surface area (Å²) in [6.45, 7) is 6.70. The lowest BCUT2D eigenvalue weighted by molar-refractivity contribution is -0.211. The number of hydrogen-bond donors (Lipinski definition) is 19. The summed E-state index contributed by atoms with van der Waals surface area (Å²) >= 11 is 0. The molecular formula is C80H63O34P2-. The molecule has 0 saturated heterocycles. The van der Waals surface area contributed by atoms with Crippen molar-refractivity contribution in [3.8, 4) is 155 Å². The minimum atomic E-state index is -5.07. The predicted molar refractivity (Wildman–Crippen MR) is 410 cm³/mol. The van der Waals surface area contributed by atoms with Crippen molar-refractivity contribution < 1.29 is 147 Å². The van der Waals surface area contributed by atoms with E-state index in [0.29, 0.717) is 27.8 Å². The second kappa shape index (κ2) is 32.5. The molecule has 1 aliphatic rings. The van der Waals surface area contributed by atoms with E-state index in [4.69, 9.17) is 41.8 Å². The molecule has 598 valence electrons. The van der Waals surface area contributed by atoms with Gasteiger partial charge in [0.05, 0.1) is 17.2 Å². The number of hydrogen-bond acceptors (Lipinski definition) is 31. The molecule has 2 atom stereocenters. The summed E-state index contributed by atoms with van der Waals surface area (Å²) in [7, 11) is -9.61. The Kier molecular flexibility index (Phi) is 23.0. The van der Waals surface area contributed by atoms with Gasteiger partial charge in [-0.15, -0.1) is 0 Å². The Bertz CT molecular complexity index is 6670. The Morgan fingerprint density at radius 1 is 0.388 bits per heavy atom. The third-order valence-corrected chi connectivity index (χ3v) is 18.3. The number of rotatable bonds is 10. The van der Waals surface area contributed by atoms with Gasteiger partial charge in [-0.05, 0) is 122 Å². The Balaban J connectivity index is 0.000000143. The number of carbonyl (C=O) groups excluding carboxylic acids is 1. The molecule has 0 bridgehead atoms. The molecule has 1 aliphatic heterocycles. The Labute approximate surface area is 648 Å². The van der Waals surface area contributed by atoms with Crippen molar-refractivity contribution in [2.24, 2.45) is 0 Å². The van der Waals surface area contributed by atoms with Gasteiger partial charge in [0.15, 0.2) is 46.7 Å². The summed E-state index contributed by atoms with van der Waals surface area (Å²) in [6, 6.07) is 36.1. The summed E-state index contributed by atoms with van der Waals surface area (Å²) in [5.74, 6) is -6.78. The van der Waals surface area contributed by atoms with Crippen LogP contribution in [0.4, 0.5) is 0 Å². The average Bonchev–Trinajstić information content (AvgIpc) is 0.778. The van der Waals surface area contributed by atoms with E-state index in [9.17, 15) is 120 Å². The number of ether oxygens (including phenoxy) is 2. The lowest BCUT2D eigenvalue weighted by Crippen LogP contribution is -2.20. The van der Waals surface area contributed by atoms with Gasteiger partial charge in [0.1, 0.15) is 120 Å². The molecule has 2 unspecified atom stereocenters. The van der Waals surface area contributed by atoms with Crippen LogP contribution < -0.4 is 40.6 Å². The standard InChI is InChI=1S/C17H15O8P.C16H13O9P.C16H14O5.C16H12O5.C15H10O7/c1-9-2-3-10(6-13(9)19)16-17(24-8-26(21,22)23)15(20)12-5-4-11(18)7-14(12)25-16;1-7-2-3-8(4-11(7)25-26(21,22)23)16-15(20)14(19)13-10(18)5-9(17)6-12(13)24-16;1-8-2-3-9(4-11(8)18)14-7-13(20)16-12(19)5-10(17)6-15(16)21-14;1-8-2-3-9(6-12(8)18)16-15(20)14(19)11-5-4-10(17)7-13(11)21-16;16-7-4-10(19)12-11(5-7)22-15(14(21)13(12)20)6-1-2-8(17)9(18)3-6/h2-7,18-19H,8H2,1H3,(H2,21,22,23);2-6,17-18,20H,1H3,(H2,21,22,23);2-6,14,17-19H,7H2,1H3;2-7,17-18,20H,1H3;1-5,16-19,21H/p-1. The van der Waals surface area contributed by atoms with Crippen LogP contribution in [0.5, 0.6) is 109 Å². The zero-order chi connectivity index (χ0) is 84.6. The van der Waals surface area contributed by atoms with Gasteiger partial charge < -0.3 is 133 Å². The fraction of sp³-hybridized carbons (Fsp3) is 0.0875. The second-order valence-electron chi connectivity index (χ2n) is 25.8. The number of phenols is 13. The third-order valence-electron chi connectivity index (χ3n) is 17.4. The molecule has 116 heavy (non-hydrogen) atoms. The average molecular weight is 1630 g/mol. The largest absolute Gasteiger partial charge is 0.746 e. The van der Waals surface area contributed by atoms with E-state index in [0.717, 1.165) is 54.1 Å². The van der Waals surface area contributed by atoms with E-state index >= 15 is 0 Å². The van der Waals surface area contributed by atoms with Crippen molar-refractivity contribution in [2.45, 2.75) is 40.2 Å². The molecule has 14 aromatic rings. The highest BCUT2D eigenvalue weighted by atomic mass is 31.2. The molecule has 4 aromatic heterocycles. The smallest absolute Gasteiger partial charge is 0.362 e. The van der Waals surface area contributed by atoms with Gasteiger partial charge in [0.25, 0.3) is 0 Å². The summed E-state index contributed by atoms with van der Waals surface area (Å²) < 4.78 is 59.3. The maximum Gasteiger partial charge on any atom is 0.362 e. The van der Waals surface area contributed by atoms with Gasteiger partial charge in [-0.1, -0.05) is 48.5 Å². The van der Waals surface area contributed by atoms with Gasteiger partial charge in [-0.2, -0.15) is 0 Å². The first-order chi connectivity index (χ1) is 54.5. The zero-order valence-electron chi connectivity index (χ0n) is 60.1. The lowest BCUT2D eigenvalue weighted by atomic mass is 9.95. The zero-order valence-corrected chi connectivity index (χ0v) is 61.9. The molecule has 36 heteroatoms. The Morgan fingerprint density at radius 2 is 0.793 bits per heavy atom. The molecular weight excluding hydrogens is 1570 g/mol. The molecule has 0 amide bonds. The molecule has 15 rings (SSSR count). The van der Waals surface area contributed by atoms with E-state index < -0.39 is 89.8 Å². The summed E-state index contributed by atoms with van der Waals surface area (Å²) in [5.41, 5.74) is 0.757. The minimum absolute atomic E-state index is 0.0329. The number of aromatic hydroxyl groups is 16. The maximum atomic E-state index is 12.7. The quantitative estimate of drug-likeness (QED) is 0.0447. The van der Waals surface area contributed by atoms with E-state index in [1.807, 2.05) is 0 Å². The number of phenolic OH excluding ortho intramolecular Hbond substituents is 13. The van der Waals surface area contributed by atoms with Gasteiger partial charge in [-0.3, -0.25) is 33.1 Å². The summed E-state index contributed by atoms with van der Waals surface area (Å²) in [5, 5.41) is 155. The molecule has 34 nitrogen and oxygen atoms in total. The Hall–Kier alpha value is -14.8. The minimum Gasteiger partial charge on any atom is -0.746 e. The van der Waals surface area contributed by atoms with Crippen molar-refractivity contribution in [2.75, 3.05) is 6.35 Å². The number of ketones is 1. The number of Topliss-reactive ketones (excluding diaryl/α,β-unsaturated/α-hetero) is 1. The molecule has 0 radical (unpaired) electrons. The first-order valence-electron chi connectivity index (χ1n) is 33.4. The van der Waals surface area contributed by atoms with Crippen molar-refractivity contribution in [3.63, 3.8) is 0 Å². The highest BCUT2D eigenvalue weighted by Gasteiger charge is 2.32. The van der Waals surface area contributed by atoms with Crippen molar-refractivity contribution in [1.29, 1.82) is 0 Å². The van der Waals surface area contributed by atoms with E-state index in [2.05, 4.69) is 4.52 Å². The maximum absolute atomic E-state index is 12.7. The summed E-state index contributed by atoms with van der Waals surface area (Å²) in [6.07, 6.45) is -1.50. The van der Waals surface area contributed by atoms with E-state index in [1.54, 1.807) is 63.2 Å². The molecule has 0 aliphatic carbocycles. The number of benzene rings is 10. The van der Waals surface area contributed by atoms with Crippen molar-refractivity contribution >= 4 is 65.1 Å². The van der Waals surface area contributed by atoms with Gasteiger partial charge in [0, 0.05) is 70.8 Å². The topological polar surface area (TPSA) is 607 Å². The summed E-state index contributed by atoms with van der Waals surface area (Å²) in [4.78, 5) is 99.4. The monoisotopic (exact) mass is 1630 g/mol. The van der Waals surface area contributed by atoms with Crippen LogP contribution in [0.1, 0.15) is 50.7 Å². The van der Waals surface area contributed by atoms with Crippen LogP contribution in [0.15, 0.2) is 201 Å². The first-order valence-corrected chi connectivity index (χ1v) is 36.7.